The van der Waals surface area contributed by atoms with Gasteiger partial charge in [-0.15, -0.1) is 0 Å². The van der Waals surface area contributed by atoms with Gasteiger partial charge in [0.05, 0.1) is 6.17 Å². The lowest BCUT2D eigenvalue weighted by Crippen LogP contribution is -2.49. The fraction of sp³-hybridized carbons (Fsp3) is 1.00. The van der Waals surface area contributed by atoms with Crippen molar-refractivity contribution in [1.82, 2.24) is 4.90 Å². The SMILES string of the molecule is CCC1CC(N(C)C(C)N)C1. The van der Waals surface area contributed by atoms with Crippen molar-refractivity contribution in [3.8, 4) is 0 Å². The minimum absolute atomic E-state index is 0.220. The van der Waals surface area contributed by atoms with Gasteiger partial charge in [0.1, 0.15) is 0 Å². The van der Waals surface area contributed by atoms with E-state index in [1.807, 2.05) is 0 Å². The van der Waals surface area contributed by atoms with Crippen molar-refractivity contribution < 1.29 is 0 Å². The molecule has 1 rings (SSSR count). The van der Waals surface area contributed by atoms with Crippen LogP contribution in [0.15, 0.2) is 0 Å². The summed E-state index contributed by atoms with van der Waals surface area (Å²) in [4.78, 5) is 2.28. The zero-order valence-electron chi connectivity index (χ0n) is 7.88. The first-order chi connectivity index (χ1) is 5.15. The van der Waals surface area contributed by atoms with Crippen LogP contribution in [0, 0.1) is 5.92 Å². The zero-order valence-corrected chi connectivity index (χ0v) is 7.88. The Kier molecular flexibility index (Phi) is 2.90. The zero-order chi connectivity index (χ0) is 8.43. The lowest BCUT2D eigenvalue weighted by Gasteiger charge is -2.42. The van der Waals surface area contributed by atoms with Crippen molar-refractivity contribution in [3.05, 3.63) is 0 Å². The third kappa shape index (κ3) is 1.94. The van der Waals surface area contributed by atoms with Crippen molar-refractivity contribution in [2.45, 2.75) is 45.3 Å². The van der Waals surface area contributed by atoms with Crippen LogP contribution in [0.4, 0.5) is 0 Å². The predicted octanol–water partition coefficient (Wildman–Crippen LogP) is 1.41. The Morgan fingerprint density at radius 2 is 2.09 bits per heavy atom. The Hall–Kier alpha value is -0.0800. The molecule has 1 fully saturated rings. The Labute approximate surface area is 69.8 Å². The van der Waals surface area contributed by atoms with E-state index in [1.165, 1.54) is 19.3 Å². The molecule has 0 bridgehead atoms. The molecule has 2 N–H and O–H groups in total. The normalized spacial score (nSPS) is 33.5. The topological polar surface area (TPSA) is 29.3 Å². The van der Waals surface area contributed by atoms with Gasteiger partial charge in [0.15, 0.2) is 0 Å². The fourth-order valence-corrected chi connectivity index (χ4v) is 1.70. The summed E-state index contributed by atoms with van der Waals surface area (Å²) in [6.07, 6.45) is 4.27. The highest BCUT2D eigenvalue weighted by molar-refractivity contribution is 4.85. The smallest absolute Gasteiger partial charge is 0.0542 e. The fourth-order valence-electron chi connectivity index (χ4n) is 1.70. The first kappa shape index (κ1) is 9.01. The molecule has 11 heavy (non-hydrogen) atoms. The molecule has 1 atom stereocenters. The summed E-state index contributed by atoms with van der Waals surface area (Å²) in [5.41, 5.74) is 5.76. The van der Waals surface area contributed by atoms with Gasteiger partial charge in [-0.1, -0.05) is 13.3 Å². The van der Waals surface area contributed by atoms with Crippen molar-refractivity contribution in [3.63, 3.8) is 0 Å². The van der Waals surface area contributed by atoms with Gasteiger partial charge in [0.2, 0.25) is 0 Å². The molecular weight excluding hydrogens is 136 g/mol. The van der Waals surface area contributed by atoms with Crippen LogP contribution in [0.1, 0.15) is 33.1 Å². The average molecular weight is 156 g/mol. The van der Waals surface area contributed by atoms with Crippen LogP contribution in [0.2, 0.25) is 0 Å². The van der Waals surface area contributed by atoms with E-state index >= 15 is 0 Å². The number of hydrogen-bond acceptors (Lipinski definition) is 2. The van der Waals surface area contributed by atoms with E-state index in [0.717, 1.165) is 12.0 Å². The third-order valence-corrected chi connectivity index (χ3v) is 3.01. The molecule has 66 valence electrons. The van der Waals surface area contributed by atoms with Gasteiger partial charge in [0, 0.05) is 6.04 Å². The number of nitrogens with two attached hydrogens (primary N) is 1. The number of rotatable bonds is 3. The van der Waals surface area contributed by atoms with Gasteiger partial charge < -0.3 is 5.73 Å². The Balaban J connectivity index is 2.21. The van der Waals surface area contributed by atoms with E-state index < -0.39 is 0 Å². The van der Waals surface area contributed by atoms with E-state index in [1.54, 1.807) is 0 Å². The molecule has 2 heteroatoms. The second-order valence-electron chi connectivity index (χ2n) is 3.81. The van der Waals surface area contributed by atoms with Crippen molar-refractivity contribution in [2.24, 2.45) is 11.7 Å². The average Bonchev–Trinajstić information content (AvgIpc) is 1.85. The molecule has 0 radical (unpaired) electrons. The molecule has 0 aromatic carbocycles. The van der Waals surface area contributed by atoms with Crippen LogP contribution in [-0.2, 0) is 0 Å². The second-order valence-corrected chi connectivity index (χ2v) is 3.81. The summed E-state index contributed by atoms with van der Waals surface area (Å²) < 4.78 is 0. The van der Waals surface area contributed by atoms with Crippen LogP contribution in [-0.4, -0.2) is 24.2 Å². The molecule has 0 heterocycles. The number of hydrogen-bond donors (Lipinski definition) is 1. The minimum Gasteiger partial charge on any atom is -0.316 e. The lowest BCUT2D eigenvalue weighted by molar-refractivity contribution is 0.0716. The van der Waals surface area contributed by atoms with Crippen LogP contribution >= 0.6 is 0 Å². The largest absolute Gasteiger partial charge is 0.316 e. The monoisotopic (exact) mass is 156 g/mol. The maximum atomic E-state index is 5.76. The minimum atomic E-state index is 0.220. The summed E-state index contributed by atoms with van der Waals surface area (Å²) >= 11 is 0. The van der Waals surface area contributed by atoms with Gasteiger partial charge in [0.25, 0.3) is 0 Å². The Morgan fingerprint density at radius 3 is 2.45 bits per heavy atom. The highest BCUT2D eigenvalue weighted by Gasteiger charge is 2.31. The van der Waals surface area contributed by atoms with E-state index in [9.17, 15) is 0 Å². The lowest BCUT2D eigenvalue weighted by atomic mass is 9.78. The Morgan fingerprint density at radius 1 is 1.55 bits per heavy atom. The molecule has 0 aliphatic heterocycles. The van der Waals surface area contributed by atoms with Crippen molar-refractivity contribution in [1.29, 1.82) is 0 Å². The molecule has 1 saturated carbocycles. The van der Waals surface area contributed by atoms with Gasteiger partial charge in [-0.3, -0.25) is 4.90 Å². The van der Waals surface area contributed by atoms with Crippen LogP contribution in [0.3, 0.4) is 0 Å². The molecule has 0 saturated heterocycles. The molecule has 1 unspecified atom stereocenters. The Bertz CT molecular complexity index is 117. The summed E-state index contributed by atoms with van der Waals surface area (Å²) in [6.45, 7) is 4.33. The van der Waals surface area contributed by atoms with Crippen LogP contribution < -0.4 is 5.73 Å². The van der Waals surface area contributed by atoms with Gasteiger partial charge in [-0.25, -0.2) is 0 Å². The summed E-state index contributed by atoms with van der Waals surface area (Å²) in [5.74, 6) is 0.973. The van der Waals surface area contributed by atoms with E-state index in [0.29, 0.717) is 0 Å². The quantitative estimate of drug-likeness (QED) is 0.626. The highest BCUT2D eigenvalue weighted by atomic mass is 15.2. The van der Waals surface area contributed by atoms with Gasteiger partial charge in [-0.05, 0) is 32.7 Å². The summed E-state index contributed by atoms with van der Waals surface area (Å²) in [6, 6.07) is 0.764. The predicted molar refractivity (Wildman–Crippen MR) is 48.2 cm³/mol. The van der Waals surface area contributed by atoms with E-state index in [2.05, 4.69) is 25.8 Å². The summed E-state index contributed by atoms with van der Waals surface area (Å²) in [7, 11) is 2.13. The van der Waals surface area contributed by atoms with Crippen LogP contribution in [0.5, 0.6) is 0 Å². The van der Waals surface area contributed by atoms with E-state index in [-0.39, 0.29) is 6.17 Å². The summed E-state index contributed by atoms with van der Waals surface area (Å²) in [5, 5.41) is 0. The molecule has 0 aromatic rings. The van der Waals surface area contributed by atoms with Gasteiger partial charge in [-0.2, -0.15) is 0 Å². The molecule has 0 spiro atoms. The molecule has 1 aliphatic rings. The molecule has 1 aliphatic carbocycles. The molecule has 0 amide bonds. The third-order valence-electron chi connectivity index (χ3n) is 3.01. The maximum absolute atomic E-state index is 5.76. The van der Waals surface area contributed by atoms with Crippen molar-refractivity contribution in [2.75, 3.05) is 7.05 Å². The maximum Gasteiger partial charge on any atom is 0.0542 e. The second kappa shape index (κ2) is 3.55. The first-order valence-electron chi connectivity index (χ1n) is 4.62. The molecular formula is C9H20N2. The van der Waals surface area contributed by atoms with E-state index in [4.69, 9.17) is 5.73 Å². The van der Waals surface area contributed by atoms with Crippen LogP contribution in [0.25, 0.3) is 0 Å². The highest BCUT2D eigenvalue weighted by Crippen LogP contribution is 2.33. The standard InChI is InChI=1S/C9H20N2/c1-4-8-5-9(6-8)11(3)7(2)10/h7-9H,4-6,10H2,1-3H3. The molecule has 0 aromatic heterocycles. The first-order valence-corrected chi connectivity index (χ1v) is 4.62. The molecule has 2 nitrogen and oxygen atoms in total. The van der Waals surface area contributed by atoms with Gasteiger partial charge >= 0.3 is 0 Å². The number of nitrogens with zero attached hydrogens (tertiary/aromatic N) is 1. The van der Waals surface area contributed by atoms with Crippen molar-refractivity contribution >= 4 is 0 Å².